The Morgan fingerprint density at radius 3 is 1.53 bits per heavy atom. The van der Waals surface area contributed by atoms with E-state index < -0.39 is 59.9 Å². The quantitative estimate of drug-likeness (QED) is 0.0134. The summed E-state index contributed by atoms with van der Waals surface area (Å²) in [6.45, 7) is 22.9. The SMILES string of the molecule is COc1ccc(C(OC[C@@H]2C[C@@H](OC(=O)CCC(C)=O)CN2C(=O)CCCCCCC(=O)CCCCC(=O)N[C@@H](CCC(=O)NCCCCCC(=O)NCC(C)COC2OC(Cn3cc(C)nn3)C(C)C(C)C2C)C(=O)NCCCCCC(=O)NCC(COC2OC(Cn3cc(C)nn3)C(C)C(C)C2C)OC(=O)c2ccccc2)(c2ccccc2)c2ccc(OC)cc2)cc1.S. The molecule has 0 saturated carbocycles. The first-order valence-corrected chi connectivity index (χ1v) is 47.0. The van der Waals surface area contributed by atoms with Crippen LogP contribution < -0.4 is 36.1 Å². The highest BCUT2D eigenvalue weighted by molar-refractivity contribution is 7.59. The van der Waals surface area contributed by atoms with Crippen LogP contribution in [0.4, 0.5) is 0 Å². The molecule has 31 nitrogen and oxygen atoms in total. The Labute approximate surface area is 780 Å². The number of likely N-dealkylation sites (tertiary alicyclic amines) is 1. The minimum atomic E-state index is -1.17. The molecule has 131 heavy (non-hydrogen) atoms. The van der Waals surface area contributed by atoms with Crippen LogP contribution >= 0.6 is 13.5 Å². The van der Waals surface area contributed by atoms with Gasteiger partial charge < -0.3 is 78.9 Å². The number of amides is 6. The second kappa shape index (κ2) is 55.5. The van der Waals surface area contributed by atoms with Crippen LogP contribution in [0.3, 0.4) is 0 Å². The highest BCUT2D eigenvalue weighted by Crippen LogP contribution is 2.44. The van der Waals surface area contributed by atoms with Crippen LogP contribution in [0.2, 0.25) is 0 Å². The van der Waals surface area contributed by atoms with E-state index in [-0.39, 0.29) is 181 Å². The predicted molar refractivity (Wildman–Crippen MR) is 498 cm³/mol. The summed E-state index contributed by atoms with van der Waals surface area (Å²) in [4.78, 5) is 135. The van der Waals surface area contributed by atoms with E-state index in [0.717, 1.165) is 28.1 Å². The van der Waals surface area contributed by atoms with Crippen LogP contribution in [0.5, 0.6) is 11.5 Å². The topological polar surface area (TPSA) is 379 Å². The molecule has 5 heterocycles. The number of unbranched alkanes of at least 4 members (excludes halogenated alkanes) is 8. The lowest BCUT2D eigenvalue weighted by atomic mass is 9.79. The fourth-order valence-corrected chi connectivity index (χ4v) is 17.0. The van der Waals surface area contributed by atoms with Gasteiger partial charge in [0.15, 0.2) is 12.6 Å². The standard InChI is InChI=1S/C99H142N12O19.H2S/c1-66(63-124-97-74(9)70(5)72(7)87(129-97)61-109-58-67(2)105-107-109)56-102-89(114)37-24-17-29-53-100-91(116)51-50-86(95(120)101-54-30-18-25-38-90(115)103-57-85(128-96(121)76-31-19-15-20-32-76)65-125-98-75(10)71(6)73(8)88(130-98)62-110-59-68(3)106-108-110)104-92(117)39-28-27-36-81(113)35-23-13-14-26-40-93(118)111-60-84(127-94(119)52-41-69(4)112)55-80(111)64-126-99(77-33-21-16-22-34-77,78-42-46-82(122-11)47-43-78)79-44-48-83(123-12)49-45-79;/h15-16,19-22,31-34,42-49,58-59,66,70-75,80,84-88,97-98H,13-14,17-18,23-30,35-41,50-57,60-65H2,1-12H3,(H,100,116)(H,101,120)(H,102,114)(H,103,115)(H,104,117);1H2/t66?,70?,71?,72?,73?,74?,75?,80-,84+,85?,86-,87?,88?,97?,98?;/m0./s1. The zero-order valence-electron chi connectivity index (χ0n) is 78.9. The normalized spacial score (nSPS) is 20.8. The molecule has 9 rings (SSSR count). The Morgan fingerprint density at radius 2 is 0.992 bits per heavy atom. The molecular weight excluding hydrogens is 1690 g/mol. The van der Waals surface area contributed by atoms with Crippen molar-refractivity contribution in [1.29, 1.82) is 0 Å². The number of Topliss-reactive ketones (excluding diaryl/α,β-unsaturated/α-hetero) is 2. The molecule has 3 aliphatic rings. The number of nitrogens with one attached hydrogen (secondary N) is 5. The van der Waals surface area contributed by atoms with Crippen molar-refractivity contribution in [3.05, 3.63) is 155 Å². The van der Waals surface area contributed by atoms with Gasteiger partial charge in [-0.15, -0.1) is 10.2 Å². The van der Waals surface area contributed by atoms with E-state index in [2.05, 4.69) is 88.8 Å². The van der Waals surface area contributed by atoms with Crippen molar-refractivity contribution in [2.45, 2.75) is 285 Å². The van der Waals surface area contributed by atoms with Crippen LogP contribution in [-0.2, 0) is 95.0 Å². The number of methoxy groups -OCH3 is 2. The molecule has 32 heteroatoms. The van der Waals surface area contributed by atoms with Gasteiger partial charge in [0.2, 0.25) is 35.4 Å². The van der Waals surface area contributed by atoms with Gasteiger partial charge in [0.05, 0.1) is 102 Å². The molecule has 12 unspecified atom stereocenters. The van der Waals surface area contributed by atoms with Crippen LogP contribution in [-0.4, -0.2) is 210 Å². The molecule has 0 bridgehead atoms. The summed E-state index contributed by atoms with van der Waals surface area (Å²) in [5.74, 6) is -0.146. The van der Waals surface area contributed by atoms with Gasteiger partial charge in [-0.25, -0.2) is 14.2 Å². The molecule has 5 N–H and O–H groups in total. The van der Waals surface area contributed by atoms with E-state index in [0.29, 0.717) is 158 Å². The number of aryl methyl sites for hydroxylation is 2. The number of rotatable bonds is 57. The lowest BCUT2D eigenvalue weighted by molar-refractivity contribution is -0.256. The first kappa shape index (κ1) is 106. The number of carbonyl (C=O) groups excluding carboxylic acids is 10. The molecule has 0 aliphatic carbocycles. The van der Waals surface area contributed by atoms with Gasteiger partial charge in [-0.2, -0.15) is 13.5 Å². The Bertz CT molecular complexity index is 4460. The lowest BCUT2D eigenvalue weighted by Gasteiger charge is -2.43. The van der Waals surface area contributed by atoms with Crippen molar-refractivity contribution < 1.29 is 90.6 Å². The Morgan fingerprint density at radius 1 is 0.511 bits per heavy atom. The Balaban J connectivity index is 0.0000212. The molecule has 15 atom stereocenters. The van der Waals surface area contributed by atoms with Gasteiger partial charge >= 0.3 is 11.9 Å². The first-order chi connectivity index (χ1) is 62.6. The van der Waals surface area contributed by atoms with Crippen LogP contribution in [0.1, 0.15) is 242 Å². The summed E-state index contributed by atoms with van der Waals surface area (Å²) in [5, 5.41) is 31.4. The van der Waals surface area contributed by atoms with E-state index in [1.54, 1.807) is 54.1 Å². The van der Waals surface area contributed by atoms with Crippen molar-refractivity contribution in [3.8, 4) is 11.5 Å². The summed E-state index contributed by atoms with van der Waals surface area (Å²) in [6, 6.07) is 32.2. The van der Waals surface area contributed by atoms with Crippen molar-refractivity contribution >= 4 is 72.4 Å². The maximum atomic E-state index is 14.4. The van der Waals surface area contributed by atoms with Crippen molar-refractivity contribution in [2.24, 2.45) is 41.4 Å². The number of aromatic nitrogens is 6. The second-order valence-corrected chi connectivity index (χ2v) is 35.8. The van der Waals surface area contributed by atoms with Crippen LogP contribution in [0, 0.1) is 55.3 Å². The number of benzene rings is 4. The summed E-state index contributed by atoms with van der Waals surface area (Å²) in [7, 11) is 3.21. The third-order valence-corrected chi connectivity index (χ3v) is 25.6. The first-order valence-electron chi connectivity index (χ1n) is 47.0. The van der Waals surface area contributed by atoms with Gasteiger partial charge in [0, 0.05) is 102 Å². The molecule has 2 aromatic heterocycles. The number of ether oxygens (including phenoxy) is 9. The molecule has 0 spiro atoms. The number of hydrogen-bond donors (Lipinski definition) is 5. The second-order valence-electron chi connectivity index (χ2n) is 35.8. The monoisotopic (exact) mass is 1840 g/mol. The smallest absolute Gasteiger partial charge is 0.338 e. The number of hydrogen-bond acceptors (Lipinski definition) is 23. The zero-order chi connectivity index (χ0) is 93.5. The van der Waals surface area contributed by atoms with Crippen molar-refractivity contribution in [2.75, 3.05) is 66.8 Å². The fraction of sp³-hybridized carbons (Fsp3) is 0.616. The average Bonchev–Trinajstić information content (AvgIpc) is 1.43. The van der Waals surface area contributed by atoms with E-state index in [1.807, 2.05) is 117 Å². The molecular formula is C99H144N12O19S. The lowest BCUT2D eigenvalue weighted by Crippen LogP contribution is -2.48. The minimum absolute atomic E-state index is 0. The molecule has 0 radical (unpaired) electrons. The zero-order valence-corrected chi connectivity index (χ0v) is 79.9. The van der Waals surface area contributed by atoms with E-state index >= 15 is 0 Å². The van der Waals surface area contributed by atoms with Gasteiger partial charge in [0.1, 0.15) is 46.9 Å². The maximum Gasteiger partial charge on any atom is 0.338 e. The predicted octanol–water partition coefficient (Wildman–Crippen LogP) is 12.7. The van der Waals surface area contributed by atoms with Gasteiger partial charge in [-0.05, 0) is 161 Å². The summed E-state index contributed by atoms with van der Waals surface area (Å²) < 4.78 is 59.5. The van der Waals surface area contributed by atoms with Crippen molar-refractivity contribution in [3.63, 3.8) is 0 Å². The number of nitrogens with zero attached hydrogens (tertiary/aromatic N) is 7. The Kier molecular flexibility index (Phi) is 45.1. The summed E-state index contributed by atoms with van der Waals surface area (Å²) in [6.07, 6.45) is 9.44. The fourth-order valence-electron chi connectivity index (χ4n) is 17.0. The molecule has 3 aliphatic heterocycles. The van der Waals surface area contributed by atoms with Gasteiger partial charge in [0.25, 0.3) is 0 Å². The average molecular weight is 1840 g/mol. The van der Waals surface area contributed by atoms with Crippen molar-refractivity contribution in [1.82, 2.24) is 61.5 Å². The van der Waals surface area contributed by atoms with Crippen LogP contribution in [0.15, 0.2) is 122 Å². The molecule has 3 fully saturated rings. The van der Waals surface area contributed by atoms with E-state index in [9.17, 15) is 47.9 Å². The number of carbonyl (C=O) groups is 10. The number of esters is 2. The minimum Gasteiger partial charge on any atom is -0.497 e. The van der Waals surface area contributed by atoms with Gasteiger partial charge in [-0.3, -0.25) is 38.4 Å². The summed E-state index contributed by atoms with van der Waals surface area (Å²) >= 11 is 0. The molecule has 6 aromatic rings. The Hall–Kier alpha value is -9.99. The number of ketones is 2. The molecule has 4 aromatic carbocycles. The molecule has 3 saturated heterocycles. The largest absolute Gasteiger partial charge is 0.497 e. The molecule has 6 amide bonds. The highest BCUT2D eigenvalue weighted by atomic mass is 32.1. The third kappa shape index (κ3) is 34.5. The van der Waals surface area contributed by atoms with E-state index in [4.69, 9.17) is 42.6 Å². The summed E-state index contributed by atoms with van der Waals surface area (Å²) in [5.41, 5.74) is 3.30. The van der Waals surface area contributed by atoms with Crippen LogP contribution in [0.25, 0.3) is 0 Å². The third-order valence-electron chi connectivity index (χ3n) is 25.6. The van der Waals surface area contributed by atoms with E-state index in [1.165, 1.54) is 6.92 Å². The highest BCUT2D eigenvalue weighted by Gasteiger charge is 2.45. The maximum absolute atomic E-state index is 14.4. The molecule has 720 valence electrons. The van der Waals surface area contributed by atoms with Gasteiger partial charge in [-0.1, -0.05) is 157 Å².